The first-order valence-electron chi connectivity index (χ1n) is 12.6. The Bertz CT molecular complexity index is 911. The summed E-state index contributed by atoms with van der Waals surface area (Å²) in [6.45, 7) is 14.3. The van der Waals surface area contributed by atoms with Crippen LogP contribution in [0.1, 0.15) is 73.6 Å². The fourth-order valence-electron chi connectivity index (χ4n) is 4.14. The predicted octanol–water partition coefficient (Wildman–Crippen LogP) is 5.18. The maximum atomic E-state index is 12.2. The van der Waals surface area contributed by atoms with E-state index in [1.807, 2.05) is 32.5 Å². The van der Waals surface area contributed by atoms with Crippen LogP contribution in [0, 0.1) is 0 Å². The number of piperidine rings is 2. The highest BCUT2D eigenvalue weighted by Gasteiger charge is 2.29. The van der Waals surface area contributed by atoms with Crippen molar-refractivity contribution < 1.29 is 22.7 Å². The molecule has 0 aliphatic carbocycles. The molecule has 0 saturated carbocycles. The number of rotatable bonds is 9. The quantitative estimate of drug-likeness (QED) is 0.232. The van der Waals surface area contributed by atoms with E-state index < -0.39 is 10.0 Å². The van der Waals surface area contributed by atoms with Gasteiger partial charge < -0.3 is 14.4 Å². The lowest BCUT2D eigenvalue weighted by molar-refractivity contribution is 0.0306. The lowest BCUT2D eigenvalue weighted by Gasteiger charge is -2.33. The minimum Gasteiger partial charge on any atom is -0.474 e. The molecule has 1 amide bonds. The lowest BCUT2D eigenvalue weighted by Crippen LogP contribution is -2.41. The molecule has 0 atom stereocenters. The van der Waals surface area contributed by atoms with E-state index in [2.05, 4.69) is 25.8 Å². The molecule has 0 aromatic rings. The molecule has 2 rings (SSSR count). The number of carbonyl (C=O) groups is 1. The molecule has 0 aromatic carbocycles. The molecule has 2 heterocycles. The average Bonchev–Trinajstić information content (AvgIpc) is 2.81. The second-order valence-corrected chi connectivity index (χ2v) is 12.8. The van der Waals surface area contributed by atoms with Crippen molar-refractivity contribution in [1.29, 1.82) is 0 Å². The second-order valence-electron chi connectivity index (χ2n) is 9.50. The Morgan fingerprint density at radius 2 is 1.71 bits per heavy atom. The summed E-state index contributed by atoms with van der Waals surface area (Å²) < 4.78 is 37.0. The van der Waals surface area contributed by atoms with Crippen LogP contribution in [0.25, 0.3) is 0 Å². The molecular formula is C25H43N3O5S2. The Hall–Kier alpha value is -1.52. The van der Waals surface area contributed by atoms with E-state index in [0.29, 0.717) is 37.3 Å². The Balaban J connectivity index is 2.11. The van der Waals surface area contributed by atoms with E-state index in [9.17, 15) is 13.2 Å². The summed E-state index contributed by atoms with van der Waals surface area (Å²) in [6, 6.07) is 0. The van der Waals surface area contributed by atoms with Crippen LogP contribution in [0.3, 0.4) is 0 Å². The van der Waals surface area contributed by atoms with Crippen molar-refractivity contribution in [2.24, 2.45) is 4.99 Å². The van der Waals surface area contributed by atoms with Crippen molar-refractivity contribution in [2.45, 2.75) is 91.1 Å². The predicted molar refractivity (Wildman–Crippen MR) is 144 cm³/mol. The van der Waals surface area contributed by atoms with Gasteiger partial charge in [-0.2, -0.15) is 0 Å². The zero-order chi connectivity index (χ0) is 26.2. The topological polar surface area (TPSA) is 88.5 Å². The number of nitrogens with zero attached hydrogens (tertiary/aromatic N) is 3. The van der Waals surface area contributed by atoms with Gasteiger partial charge in [0.25, 0.3) is 0 Å². The summed E-state index contributed by atoms with van der Waals surface area (Å²) in [4.78, 5) is 19.7. The van der Waals surface area contributed by atoms with Gasteiger partial charge in [-0.25, -0.2) is 22.5 Å². The zero-order valence-corrected chi connectivity index (χ0v) is 24.0. The fourth-order valence-corrected chi connectivity index (χ4v) is 6.40. The van der Waals surface area contributed by atoms with Crippen LogP contribution >= 0.6 is 11.8 Å². The number of likely N-dealkylation sites (tertiary alicyclic amines) is 1. The number of thioether (sulfide) groups is 1. The van der Waals surface area contributed by atoms with Gasteiger partial charge in [-0.15, -0.1) is 11.8 Å². The molecule has 0 spiro atoms. The van der Waals surface area contributed by atoms with Gasteiger partial charge in [-0.3, -0.25) is 0 Å². The van der Waals surface area contributed by atoms with Crippen LogP contribution in [0.15, 0.2) is 26.9 Å². The van der Waals surface area contributed by atoms with Gasteiger partial charge >= 0.3 is 6.09 Å². The van der Waals surface area contributed by atoms with Crippen molar-refractivity contribution in [3.63, 3.8) is 0 Å². The van der Waals surface area contributed by atoms with E-state index in [4.69, 9.17) is 9.47 Å². The molecule has 200 valence electrons. The number of ether oxygens (including phenoxy) is 2. The van der Waals surface area contributed by atoms with E-state index in [0.717, 1.165) is 37.7 Å². The molecule has 0 bridgehead atoms. The first-order valence-corrected chi connectivity index (χ1v) is 15.3. The second kappa shape index (κ2) is 13.7. The number of carbonyl (C=O) groups excluding carboxylic acids is 1. The number of aliphatic imine (C=N–C) groups is 1. The highest BCUT2D eigenvalue weighted by atomic mass is 32.2. The Labute approximate surface area is 216 Å². The Morgan fingerprint density at radius 3 is 2.20 bits per heavy atom. The number of sulfonamides is 1. The van der Waals surface area contributed by atoms with Gasteiger partial charge in [0, 0.05) is 61.0 Å². The highest BCUT2D eigenvalue weighted by molar-refractivity contribution is 8.03. The molecule has 35 heavy (non-hydrogen) atoms. The van der Waals surface area contributed by atoms with Crippen LogP contribution in [-0.2, 0) is 19.5 Å². The van der Waals surface area contributed by atoms with Crippen LogP contribution in [0.5, 0.6) is 0 Å². The third-order valence-electron chi connectivity index (χ3n) is 6.30. The molecule has 2 saturated heterocycles. The highest BCUT2D eigenvalue weighted by Crippen LogP contribution is 2.38. The van der Waals surface area contributed by atoms with Crippen molar-refractivity contribution in [2.75, 3.05) is 32.4 Å². The standard InChI is InChI=1S/C25H43N3O5S2/c1-8-19(5)23(34-22-12-16-28(17-13-22)35(7,30)31)20(6)24(26-9-2)33-21-10-14-27(15-11-21)25(29)32-18(3)4/h9,18,21-22H,8,10-17H2,1-7H3/b23-19-,24-20+,26-9-. The zero-order valence-electron chi connectivity index (χ0n) is 22.4. The van der Waals surface area contributed by atoms with E-state index >= 15 is 0 Å². The maximum Gasteiger partial charge on any atom is 0.410 e. The molecule has 2 aliphatic rings. The van der Waals surface area contributed by atoms with Gasteiger partial charge in [0.2, 0.25) is 15.9 Å². The van der Waals surface area contributed by atoms with Gasteiger partial charge in [0.15, 0.2) is 0 Å². The molecule has 2 aliphatic heterocycles. The minimum atomic E-state index is -3.14. The van der Waals surface area contributed by atoms with E-state index in [-0.39, 0.29) is 18.3 Å². The van der Waals surface area contributed by atoms with E-state index in [1.165, 1.54) is 16.7 Å². The third kappa shape index (κ3) is 9.13. The van der Waals surface area contributed by atoms with Crippen LogP contribution in [-0.4, -0.2) is 79.8 Å². The normalized spacial score (nSPS) is 20.7. The first-order chi connectivity index (χ1) is 16.5. The average molecular weight is 530 g/mol. The number of hydrogen-bond donors (Lipinski definition) is 0. The van der Waals surface area contributed by atoms with Crippen molar-refractivity contribution in [1.82, 2.24) is 9.21 Å². The van der Waals surface area contributed by atoms with E-state index in [1.54, 1.807) is 15.4 Å². The fraction of sp³-hybridized carbons (Fsp3) is 0.760. The number of amides is 1. The summed E-state index contributed by atoms with van der Waals surface area (Å²) in [7, 11) is -3.14. The number of allylic oxidation sites excluding steroid dienone is 2. The van der Waals surface area contributed by atoms with Crippen LogP contribution < -0.4 is 0 Å². The molecule has 0 unspecified atom stereocenters. The summed E-state index contributed by atoms with van der Waals surface area (Å²) in [6.07, 6.45) is 6.65. The van der Waals surface area contributed by atoms with Gasteiger partial charge in [-0.1, -0.05) is 12.5 Å². The van der Waals surface area contributed by atoms with Crippen LogP contribution in [0.2, 0.25) is 0 Å². The largest absolute Gasteiger partial charge is 0.474 e. The third-order valence-corrected chi connectivity index (χ3v) is 9.29. The smallest absolute Gasteiger partial charge is 0.410 e. The minimum absolute atomic E-state index is 0.0158. The SMILES string of the molecule is C\C=N/C(OC1CCN(C(=O)OC(C)C)CC1)=C(C)\C(SC1CCN(S(C)(=O)=O)CC1)=C(/C)CC. The lowest BCUT2D eigenvalue weighted by atomic mass is 10.1. The molecule has 8 nitrogen and oxygen atoms in total. The molecule has 0 N–H and O–H groups in total. The first kappa shape index (κ1) is 29.7. The Kier molecular flexibility index (Phi) is 11.6. The molecule has 0 aromatic heterocycles. The summed E-state index contributed by atoms with van der Waals surface area (Å²) >= 11 is 1.82. The van der Waals surface area contributed by atoms with Crippen LogP contribution in [0.4, 0.5) is 4.79 Å². The molecular weight excluding hydrogens is 486 g/mol. The van der Waals surface area contributed by atoms with Gasteiger partial charge in [0.1, 0.15) is 6.10 Å². The molecule has 10 heteroatoms. The Morgan fingerprint density at radius 1 is 1.11 bits per heavy atom. The van der Waals surface area contributed by atoms with Gasteiger partial charge in [0.05, 0.1) is 12.4 Å². The molecule has 2 fully saturated rings. The van der Waals surface area contributed by atoms with Gasteiger partial charge in [-0.05, 0) is 53.9 Å². The maximum absolute atomic E-state index is 12.2. The molecule has 0 radical (unpaired) electrons. The van der Waals surface area contributed by atoms with Crippen molar-refractivity contribution in [3.05, 3.63) is 21.9 Å². The summed E-state index contributed by atoms with van der Waals surface area (Å²) in [5.74, 6) is 0.625. The summed E-state index contributed by atoms with van der Waals surface area (Å²) in [5.41, 5.74) is 2.29. The monoisotopic (exact) mass is 529 g/mol. The van der Waals surface area contributed by atoms with Crippen molar-refractivity contribution >= 4 is 34.1 Å². The van der Waals surface area contributed by atoms with Crippen molar-refractivity contribution in [3.8, 4) is 0 Å². The summed E-state index contributed by atoms with van der Waals surface area (Å²) in [5, 5.41) is 0.349. The number of hydrogen-bond acceptors (Lipinski definition) is 7.